The Morgan fingerprint density at radius 3 is 2.59 bits per heavy atom. The molecule has 22 heavy (non-hydrogen) atoms. The molecule has 0 radical (unpaired) electrons. The number of alkyl carbamates (subject to hydrolysis) is 1. The Balaban J connectivity index is 2.37. The van der Waals surface area contributed by atoms with Gasteiger partial charge in [-0.1, -0.05) is 54.3 Å². The van der Waals surface area contributed by atoms with Crippen LogP contribution in [0.15, 0.2) is 30.3 Å². The van der Waals surface area contributed by atoms with Crippen LogP contribution in [0.25, 0.3) is 0 Å². The van der Waals surface area contributed by atoms with Crippen molar-refractivity contribution in [2.24, 2.45) is 0 Å². The first-order chi connectivity index (χ1) is 10.4. The summed E-state index contributed by atoms with van der Waals surface area (Å²) >= 11 is 6.37. The Hall–Kier alpha value is -1.80. The molecule has 0 aliphatic rings. The molecule has 2 N–H and O–H groups in total. The number of hydrogen-bond donors (Lipinski definition) is 2. The van der Waals surface area contributed by atoms with Crippen molar-refractivity contribution < 1.29 is 14.3 Å². The van der Waals surface area contributed by atoms with Crippen LogP contribution in [-0.2, 0) is 16.1 Å². The average molecular weight is 341 g/mol. The number of carbonyl (C=O) groups excluding carboxylic acids is 2. The fourth-order valence-corrected chi connectivity index (χ4v) is 1.82. The molecule has 1 aromatic carbocycles. The molecule has 1 atom stereocenters. The van der Waals surface area contributed by atoms with E-state index in [1.807, 2.05) is 36.6 Å². The van der Waals surface area contributed by atoms with Crippen molar-refractivity contribution >= 4 is 40.3 Å². The second kappa shape index (κ2) is 9.26. The van der Waals surface area contributed by atoms with Gasteiger partial charge >= 0.3 is 6.09 Å². The summed E-state index contributed by atoms with van der Waals surface area (Å²) in [6.07, 6.45) is 1.16. The second-order valence-corrected chi connectivity index (χ2v) is 5.87. The van der Waals surface area contributed by atoms with E-state index < -0.39 is 12.1 Å². The zero-order valence-corrected chi connectivity index (χ0v) is 14.3. The normalized spacial score (nSPS) is 11.2. The van der Waals surface area contributed by atoms with E-state index >= 15 is 0 Å². The maximum atomic E-state index is 11.9. The number of ether oxygens (including phenoxy) is 1. The third-order valence-corrected chi connectivity index (χ3v) is 4.06. The summed E-state index contributed by atoms with van der Waals surface area (Å²) in [7, 11) is 1.64. The number of benzene rings is 1. The number of nitrogens with one attached hydrogen (secondary N) is 2. The fraction of sp³-hybridized carbons (Fsp3) is 0.357. The van der Waals surface area contributed by atoms with E-state index in [0.717, 1.165) is 5.56 Å². The van der Waals surface area contributed by atoms with Gasteiger partial charge in [-0.25, -0.2) is 4.79 Å². The monoisotopic (exact) mass is 341 g/mol. The Bertz CT molecular complexity index is 525. The number of thioether (sulfide) groups is 1. The third-order valence-electron chi connectivity index (χ3n) is 2.67. The van der Waals surface area contributed by atoms with Crippen molar-refractivity contribution in [3.63, 3.8) is 0 Å². The van der Waals surface area contributed by atoms with Crippen LogP contribution in [0.3, 0.4) is 0 Å². The number of rotatable bonds is 4. The van der Waals surface area contributed by atoms with E-state index in [0.29, 0.717) is 4.32 Å². The Kier molecular flexibility index (Phi) is 7.69. The summed E-state index contributed by atoms with van der Waals surface area (Å²) in [6.45, 7) is 1.71. The van der Waals surface area contributed by atoms with Gasteiger partial charge in [0.05, 0.1) is 0 Å². The minimum atomic E-state index is -0.740. The summed E-state index contributed by atoms with van der Waals surface area (Å²) in [4.78, 5) is 23.5. The molecular weight excluding hydrogens is 322 g/mol. The van der Waals surface area contributed by atoms with Gasteiger partial charge in [0.25, 0.3) is 5.91 Å². The number of thiocarbonyl (C=S) groups is 1. The highest BCUT2D eigenvalue weighted by Crippen LogP contribution is 2.02. The molecule has 0 spiro atoms. The molecule has 0 aromatic heterocycles. The molecule has 8 heteroatoms. The lowest BCUT2D eigenvalue weighted by atomic mass is 10.2. The lowest BCUT2D eigenvalue weighted by Crippen LogP contribution is -2.50. The molecule has 2 amide bonds. The topological polar surface area (TPSA) is 70.7 Å². The minimum Gasteiger partial charge on any atom is -0.445 e. The molecule has 0 heterocycles. The summed E-state index contributed by atoms with van der Waals surface area (Å²) in [5, 5.41) is 3.89. The van der Waals surface area contributed by atoms with Crippen LogP contribution in [0.1, 0.15) is 12.5 Å². The maximum absolute atomic E-state index is 11.9. The van der Waals surface area contributed by atoms with Crippen LogP contribution in [0.2, 0.25) is 0 Å². The molecular formula is C14H19N3O3S2. The van der Waals surface area contributed by atoms with E-state index in [1.54, 1.807) is 14.0 Å². The number of amides is 2. The van der Waals surface area contributed by atoms with Crippen LogP contribution >= 0.6 is 24.0 Å². The van der Waals surface area contributed by atoms with Crippen molar-refractivity contribution in [2.75, 3.05) is 13.3 Å². The number of nitrogens with zero attached hydrogens (tertiary/aromatic N) is 1. The van der Waals surface area contributed by atoms with Gasteiger partial charge in [-0.05, 0) is 18.7 Å². The first kappa shape index (κ1) is 18.2. The van der Waals surface area contributed by atoms with Gasteiger partial charge in [0.1, 0.15) is 12.6 Å². The Labute approximate surface area is 139 Å². The molecule has 0 saturated heterocycles. The van der Waals surface area contributed by atoms with Crippen molar-refractivity contribution in [2.45, 2.75) is 19.6 Å². The highest BCUT2D eigenvalue weighted by Gasteiger charge is 2.18. The smallest absolute Gasteiger partial charge is 0.408 e. The van der Waals surface area contributed by atoms with Crippen LogP contribution < -0.4 is 10.7 Å². The standard InChI is InChI=1S/C14H19N3O3S2/c1-10(12(18)16-17(2)14(21)22-3)15-13(19)20-9-11-7-5-4-6-8-11/h4-8,10H,9H2,1-3H3,(H,15,19)(H,16,18). The molecule has 0 saturated carbocycles. The van der Waals surface area contributed by atoms with E-state index in [1.165, 1.54) is 16.8 Å². The number of carbonyl (C=O) groups is 2. The summed E-state index contributed by atoms with van der Waals surface area (Å²) in [5.74, 6) is -0.379. The first-order valence-electron chi connectivity index (χ1n) is 6.53. The van der Waals surface area contributed by atoms with Gasteiger partial charge in [0.15, 0.2) is 4.32 Å². The van der Waals surface area contributed by atoms with E-state index in [9.17, 15) is 9.59 Å². The molecule has 120 valence electrons. The van der Waals surface area contributed by atoms with E-state index in [-0.39, 0.29) is 12.5 Å². The Morgan fingerprint density at radius 1 is 1.36 bits per heavy atom. The zero-order chi connectivity index (χ0) is 16.5. The second-order valence-electron chi connectivity index (χ2n) is 4.43. The summed E-state index contributed by atoms with van der Waals surface area (Å²) in [5.41, 5.74) is 3.45. The maximum Gasteiger partial charge on any atom is 0.408 e. The largest absolute Gasteiger partial charge is 0.445 e. The van der Waals surface area contributed by atoms with Crippen molar-refractivity contribution in [3.8, 4) is 0 Å². The average Bonchev–Trinajstić information content (AvgIpc) is 2.52. The highest BCUT2D eigenvalue weighted by molar-refractivity contribution is 8.22. The molecule has 1 aromatic rings. The number of hydrogen-bond acceptors (Lipinski definition) is 5. The van der Waals surface area contributed by atoms with E-state index in [4.69, 9.17) is 17.0 Å². The Morgan fingerprint density at radius 2 is 2.00 bits per heavy atom. The van der Waals surface area contributed by atoms with Gasteiger partial charge in [0, 0.05) is 7.05 Å². The predicted molar refractivity (Wildman–Crippen MR) is 91.2 cm³/mol. The van der Waals surface area contributed by atoms with Gasteiger partial charge in [-0.15, -0.1) is 0 Å². The zero-order valence-electron chi connectivity index (χ0n) is 12.7. The minimum absolute atomic E-state index is 0.150. The lowest BCUT2D eigenvalue weighted by Gasteiger charge is -2.22. The van der Waals surface area contributed by atoms with Gasteiger partial charge in [-0.3, -0.25) is 15.2 Å². The molecule has 1 unspecified atom stereocenters. The highest BCUT2D eigenvalue weighted by atomic mass is 32.2. The third kappa shape index (κ3) is 6.31. The molecule has 0 fully saturated rings. The van der Waals surface area contributed by atoms with Crippen LogP contribution in [-0.4, -0.2) is 40.7 Å². The van der Waals surface area contributed by atoms with Gasteiger partial charge < -0.3 is 10.1 Å². The van der Waals surface area contributed by atoms with Crippen molar-refractivity contribution in [1.29, 1.82) is 0 Å². The van der Waals surface area contributed by atoms with Gasteiger partial charge in [-0.2, -0.15) is 0 Å². The molecule has 6 nitrogen and oxygen atoms in total. The fourth-order valence-electron chi connectivity index (χ4n) is 1.45. The van der Waals surface area contributed by atoms with Crippen LogP contribution in [0.4, 0.5) is 4.79 Å². The summed E-state index contributed by atoms with van der Waals surface area (Å²) in [6, 6.07) is 8.55. The first-order valence-corrected chi connectivity index (χ1v) is 8.16. The van der Waals surface area contributed by atoms with Gasteiger partial charge in [0.2, 0.25) is 0 Å². The van der Waals surface area contributed by atoms with Crippen molar-refractivity contribution in [1.82, 2.24) is 15.8 Å². The van der Waals surface area contributed by atoms with E-state index in [2.05, 4.69) is 10.7 Å². The van der Waals surface area contributed by atoms with Crippen LogP contribution in [0, 0.1) is 0 Å². The SMILES string of the molecule is CSC(=S)N(C)NC(=O)C(C)NC(=O)OCc1ccccc1. The molecule has 0 bridgehead atoms. The molecule has 1 rings (SSSR count). The predicted octanol–water partition coefficient (Wildman–Crippen LogP) is 1.91. The van der Waals surface area contributed by atoms with Crippen molar-refractivity contribution in [3.05, 3.63) is 35.9 Å². The molecule has 0 aliphatic heterocycles. The van der Waals surface area contributed by atoms with Crippen LogP contribution in [0.5, 0.6) is 0 Å². The summed E-state index contributed by atoms with van der Waals surface area (Å²) < 4.78 is 5.57. The lowest BCUT2D eigenvalue weighted by molar-refractivity contribution is -0.125. The quantitative estimate of drug-likeness (QED) is 0.644. The number of hydrazine groups is 1. The molecule has 0 aliphatic carbocycles.